The van der Waals surface area contributed by atoms with Gasteiger partial charge < -0.3 is 9.80 Å². The van der Waals surface area contributed by atoms with Gasteiger partial charge in [0.1, 0.15) is 12.4 Å². The Morgan fingerprint density at radius 2 is 1.96 bits per heavy atom. The standard InChI is InChI=1S/C22H23FN3S2/c1-5-25-13-8-7-10-16(25)14-19-26(6-2)15(3)21(28-19)22-24(4)20-17(23)11-9-12-18(20)27-22/h7-14H,3,5-6H2,1-2,4H3/q+1/b22-21+. The Morgan fingerprint density at radius 3 is 2.68 bits per heavy atom. The van der Waals surface area contributed by atoms with Crippen LogP contribution in [0.15, 0.2) is 74.7 Å². The maximum absolute atomic E-state index is 14.4. The number of likely N-dealkylation sites (N-methyl/N-ethyl adjacent to an activating group) is 1. The molecule has 1 saturated heterocycles. The van der Waals surface area contributed by atoms with Crippen LogP contribution in [-0.2, 0) is 6.54 Å². The van der Waals surface area contributed by atoms with Crippen molar-refractivity contribution in [2.75, 3.05) is 18.5 Å². The highest BCUT2D eigenvalue weighted by molar-refractivity contribution is 8.09. The van der Waals surface area contributed by atoms with Gasteiger partial charge in [0.25, 0.3) is 0 Å². The van der Waals surface area contributed by atoms with Gasteiger partial charge in [-0.3, -0.25) is 0 Å². The molecule has 2 aliphatic rings. The minimum Gasteiger partial charge on any atom is -0.335 e. The van der Waals surface area contributed by atoms with E-state index in [0.717, 1.165) is 44.3 Å². The van der Waals surface area contributed by atoms with Crippen LogP contribution in [0.3, 0.4) is 0 Å². The Morgan fingerprint density at radius 1 is 1.14 bits per heavy atom. The molecule has 6 heteroatoms. The number of halogens is 1. The summed E-state index contributed by atoms with van der Waals surface area (Å²) in [5.74, 6) is -0.187. The molecule has 1 aromatic carbocycles. The van der Waals surface area contributed by atoms with Crippen molar-refractivity contribution in [2.45, 2.75) is 25.3 Å². The maximum atomic E-state index is 14.4. The monoisotopic (exact) mass is 412 g/mol. The normalized spacial score (nSPS) is 20.4. The second-order valence-corrected chi connectivity index (χ2v) is 8.63. The number of aryl methyl sites for hydroxylation is 1. The molecule has 144 valence electrons. The van der Waals surface area contributed by atoms with Crippen molar-refractivity contribution >= 4 is 35.3 Å². The first-order valence-corrected chi connectivity index (χ1v) is 11.0. The number of nitrogens with zero attached hydrogens (tertiary/aromatic N) is 3. The van der Waals surface area contributed by atoms with Crippen molar-refractivity contribution in [2.24, 2.45) is 0 Å². The number of para-hydroxylation sites is 1. The number of hydrogen-bond donors (Lipinski definition) is 0. The number of fused-ring (bicyclic) bond motifs is 1. The molecule has 0 bridgehead atoms. The van der Waals surface area contributed by atoms with E-state index in [0.29, 0.717) is 5.69 Å². The first-order valence-electron chi connectivity index (χ1n) is 9.34. The molecule has 1 fully saturated rings. The number of rotatable bonds is 3. The second-order valence-electron chi connectivity index (χ2n) is 6.57. The second kappa shape index (κ2) is 7.68. The van der Waals surface area contributed by atoms with Gasteiger partial charge in [-0.2, -0.15) is 4.57 Å². The summed E-state index contributed by atoms with van der Waals surface area (Å²) in [6.45, 7) is 10.4. The van der Waals surface area contributed by atoms with Crippen LogP contribution in [-0.4, -0.2) is 18.5 Å². The fraction of sp³-hybridized carbons (Fsp3) is 0.227. The lowest BCUT2D eigenvalue weighted by Crippen LogP contribution is -2.35. The van der Waals surface area contributed by atoms with Crippen LogP contribution in [0.5, 0.6) is 0 Å². The third-order valence-electron chi connectivity index (χ3n) is 4.96. The highest BCUT2D eigenvalue weighted by Gasteiger charge is 2.35. The summed E-state index contributed by atoms with van der Waals surface area (Å²) in [6.07, 6.45) is 4.31. The Kier molecular flexibility index (Phi) is 5.25. The van der Waals surface area contributed by atoms with Gasteiger partial charge in [0.05, 0.1) is 26.3 Å². The molecular weight excluding hydrogens is 389 g/mol. The zero-order valence-electron chi connectivity index (χ0n) is 16.3. The SMILES string of the molecule is C=C1/C(=C2\Sc3cccc(F)c3N2C)S/C(=C\c2cccc[n+]2CC)N1CC. The molecule has 2 aliphatic heterocycles. The van der Waals surface area contributed by atoms with E-state index in [4.69, 9.17) is 0 Å². The molecule has 0 N–H and O–H groups in total. The summed E-state index contributed by atoms with van der Waals surface area (Å²) in [5.41, 5.74) is 2.78. The Labute approximate surface area is 174 Å². The first-order chi connectivity index (χ1) is 13.5. The number of thioether (sulfide) groups is 2. The largest absolute Gasteiger partial charge is 0.335 e. The Bertz CT molecular complexity index is 1010. The van der Waals surface area contributed by atoms with Gasteiger partial charge in [0.15, 0.2) is 6.20 Å². The smallest absolute Gasteiger partial charge is 0.207 e. The minimum atomic E-state index is -0.187. The van der Waals surface area contributed by atoms with Crippen molar-refractivity contribution in [1.82, 2.24) is 4.90 Å². The molecule has 0 atom stereocenters. The molecule has 3 heterocycles. The van der Waals surface area contributed by atoms with Crippen molar-refractivity contribution in [3.63, 3.8) is 0 Å². The molecule has 0 amide bonds. The quantitative estimate of drug-likeness (QED) is 0.622. The van der Waals surface area contributed by atoms with Crippen LogP contribution in [0.25, 0.3) is 6.08 Å². The van der Waals surface area contributed by atoms with Crippen LogP contribution >= 0.6 is 23.5 Å². The summed E-state index contributed by atoms with van der Waals surface area (Å²) in [4.78, 5) is 6.23. The lowest BCUT2D eigenvalue weighted by atomic mass is 10.3. The third kappa shape index (κ3) is 3.14. The molecule has 28 heavy (non-hydrogen) atoms. The van der Waals surface area contributed by atoms with E-state index in [1.165, 1.54) is 6.07 Å². The Hall–Kier alpha value is -2.18. The first kappa shape index (κ1) is 19.2. The number of pyridine rings is 1. The zero-order valence-corrected chi connectivity index (χ0v) is 17.9. The summed E-state index contributed by atoms with van der Waals surface area (Å²) >= 11 is 3.32. The minimum absolute atomic E-state index is 0.187. The number of hydrogen-bond acceptors (Lipinski definition) is 4. The summed E-state index contributed by atoms with van der Waals surface area (Å²) in [5, 5.41) is 2.18. The highest BCUT2D eigenvalue weighted by Crippen LogP contribution is 2.54. The molecular formula is C22H23FN3S2+. The fourth-order valence-electron chi connectivity index (χ4n) is 3.51. The van der Waals surface area contributed by atoms with E-state index >= 15 is 0 Å². The van der Waals surface area contributed by atoms with Crippen molar-refractivity contribution in [1.29, 1.82) is 0 Å². The predicted molar refractivity (Wildman–Crippen MR) is 117 cm³/mol. The lowest BCUT2D eigenvalue weighted by molar-refractivity contribution is -0.695. The van der Waals surface area contributed by atoms with Gasteiger partial charge in [0.2, 0.25) is 5.69 Å². The van der Waals surface area contributed by atoms with Gasteiger partial charge in [-0.05, 0) is 32.0 Å². The van der Waals surface area contributed by atoms with Gasteiger partial charge in [-0.15, -0.1) is 0 Å². The van der Waals surface area contributed by atoms with E-state index in [2.05, 4.69) is 54.3 Å². The fourth-order valence-corrected chi connectivity index (χ4v) is 6.07. The summed E-state index contributed by atoms with van der Waals surface area (Å²) < 4.78 is 16.6. The topological polar surface area (TPSA) is 10.4 Å². The summed E-state index contributed by atoms with van der Waals surface area (Å²) in [7, 11) is 1.93. The number of benzene rings is 1. The number of aromatic nitrogens is 1. The lowest BCUT2D eigenvalue weighted by Gasteiger charge is -2.19. The van der Waals surface area contributed by atoms with Crippen LogP contribution in [0.1, 0.15) is 19.5 Å². The van der Waals surface area contributed by atoms with Crippen LogP contribution in [0.2, 0.25) is 0 Å². The molecule has 0 unspecified atom stereocenters. The third-order valence-corrected chi connectivity index (χ3v) is 7.49. The van der Waals surface area contributed by atoms with E-state index in [1.54, 1.807) is 29.6 Å². The van der Waals surface area contributed by atoms with E-state index in [-0.39, 0.29) is 5.82 Å². The van der Waals surface area contributed by atoms with Crippen LogP contribution in [0, 0.1) is 5.82 Å². The zero-order chi connectivity index (χ0) is 19.8. The molecule has 2 aromatic rings. The van der Waals surface area contributed by atoms with Gasteiger partial charge in [-0.1, -0.05) is 36.2 Å². The van der Waals surface area contributed by atoms with Crippen molar-refractivity contribution < 1.29 is 8.96 Å². The van der Waals surface area contributed by atoms with Crippen molar-refractivity contribution in [3.8, 4) is 0 Å². The molecule has 4 rings (SSSR count). The average Bonchev–Trinajstić information content (AvgIpc) is 3.19. The van der Waals surface area contributed by atoms with Gasteiger partial charge in [0, 0.05) is 36.7 Å². The Balaban J connectivity index is 1.76. The van der Waals surface area contributed by atoms with Gasteiger partial charge >= 0.3 is 0 Å². The maximum Gasteiger partial charge on any atom is 0.207 e. The molecule has 0 aliphatic carbocycles. The highest BCUT2D eigenvalue weighted by atomic mass is 32.2. The predicted octanol–water partition coefficient (Wildman–Crippen LogP) is 5.43. The number of anilines is 1. The van der Waals surface area contributed by atoms with Gasteiger partial charge in [-0.25, -0.2) is 4.39 Å². The molecule has 0 saturated carbocycles. The van der Waals surface area contributed by atoms with E-state index in [9.17, 15) is 4.39 Å². The van der Waals surface area contributed by atoms with Crippen LogP contribution in [0.4, 0.5) is 10.1 Å². The molecule has 0 spiro atoms. The molecule has 3 nitrogen and oxygen atoms in total. The summed E-state index contributed by atoms with van der Waals surface area (Å²) in [6, 6.07) is 11.5. The van der Waals surface area contributed by atoms with Crippen LogP contribution < -0.4 is 9.47 Å². The average molecular weight is 413 g/mol. The molecule has 0 radical (unpaired) electrons. The molecule has 1 aromatic heterocycles. The van der Waals surface area contributed by atoms with Crippen molar-refractivity contribution in [3.05, 3.63) is 81.3 Å². The van der Waals surface area contributed by atoms with E-state index < -0.39 is 0 Å². The van der Waals surface area contributed by atoms with E-state index in [1.807, 2.05) is 24.1 Å².